The number of alkyl halides is 1. The van der Waals surface area contributed by atoms with E-state index < -0.39 is 26.9 Å². The van der Waals surface area contributed by atoms with Gasteiger partial charge in [-0.15, -0.1) is 0 Å². The molecule has 0 heterocycles. The Hall–Kier alpha value is 0.640. The van der Waals surface area contributed by atoms with Gasteiger partial charge in [0.15, 0.2) is 0 Å². The molecule has 1 rings (SSSR count). The molecule has 0 aliphatic rings. The standard InChI is InChI=1S/C10H10Cl4O2Te/c11-6-9(7-17(12,13)14)16-10(15)8-4-2-1-3-5-8/h1-5,9H,6-7H2. The first-order valence-electron chi connectivity index (χ1n) is 4.64. The monoisotopic (exact) mass is 432 g/mol. The average Bonchev–Trinajstić information content (AvgIpc) is 2.27. The predicted octanol–water partition coefficient (Wildman–Crippen LogP) is 4.11. The van der Waals surface area contributed by atoms with Gasteiger partial charge in [0, 0.05) is 0 Å². The summed E-state index contributed by atoms with van der Waals surface area (Å²) < 4.78 is 5.43. The Bertz CT molecular complexity index is 366. The van der Waals surface area contributed by atoms with E-state index in [4.69, 9.17) is 43.2 Å². The Morgan fingerprint density at radius 3 is 2.29 bits per heavy atom. The van der Waals surface area contributed by atoms with Gasteiger partial charge in [-0.1, -0.05) is 0 Å². The maximum absolute atomic E-state index is 11.7. The van der Waals surface area contributed by atoms with Crippen molar-refractivity contribution in [3.05, 3.63) is 35.9 Å². The van der Waals surface area contributed by atoms with Crippen molar-refractivity contribution >= 4 is 59.3 Å². The molecule has 0 bridgehead atoms. The van der Waals surface area contributed by atoms with Gasteiger partial charge in [0.2, 0.25) is 0 Å². The number of carbonyl (C=O) groups excluding carboxylic acids is 1. The molecule has 0 aromatic heterocycles. The van der Waals surface area contributed by atoms with Crippen molar-refractivity contribution in [3.8, 4) is 0 Å². The van der Waals surface area contributed by atoms with Crippen LogP contribution in [0.25, 0.3) is 0 Å². The molecule has 96 valence electrons. The number of benzene rings is 1. The van der Waals surface area contributed by atoms with Crippen LogP contribution in [0.2, 0.25) is 4.47 Å². The van der Waals surface area contributed by atoms with Crippen LogP contribution in [0, 0.1) is 0 Å². The van der Waals surface area contributed by atoms with Gasteiger partial charge in [0.05, 0.1) is 0 Å². The van der Waals surface area contributed by atoms with Crippen LogP contribution in [0.15, 0.2) is 30.3 Å². The molecule has 1 aromatic carbocycles. The Labute approximate surface area is 120 Å². The number of hydrogen-bond acceptors (Lipinski definition) is 2. The van der Waals surface area contributed by atoms with Crippen LogP contribution in [0.4, 0.5) is 0 Å². The van der Waals surface area contributed by atoms with Crippen molar-refractivity contribution in [1.29, 1.82) is 0 Å². The van der Waals surface area contributed by atoms with E-state index in [9.17, 15) is 4.79 Å². The first kappa shape index (κ1) is 15.7. The molecule has 17 heavy (non-hydrogen) atoms. The molecule has 0 amide bonds. The van der Waals surface area contributed by atoms with Crippen LogP contribution in [0.1, 0.15) is 10.4 Å². The first-order chi connectivity index (χ1) is 7.92. The summed E-state index contributed by atoms with van der Waals surface area (Å²) in [5, 5.41) is 0. The molecule has 0 aliphatic heterocycles. The van der Waals surface area contributed by atoms with Crippen molar-refractivity contribution in [2.45, 2.75) is 10.6 Å². The zero-order valence-corrected chi connectivity index (χ0v) is 14.0. The molecular weight excluding hydrogens is 422 g/mol. The summed E-state index contributed by atoms with van der Waals surface area (Å²) in [6.07, 6.45) is -0.543. The molecule has 1 aromatic rings. The van der Waals surface area contributed by atoms with E-state index in [0.717, 1.165) is 0 Å². The van der Waals surface area contributed by atoms with Crippen LogP contribution in [0.5, 0.6) is 0 Å². The number of hydrogen-bond donors (Lipinski definition) is 0. The van der Waals surface area contributed by atoms with E-state index >= 15 is 0 Å². The van der Waals surface area contributed by atoms with E-state index in [2.05, 4.69) is 0 Å². The number of carbonyl (C=O) groups is 1. The normalized spacial score (nSPS) is 14.1. The fourth-order valence-electron chi connectivity index (χ4n) is 1.11. The predicted molar refractivity (Wildman–Crippen MR) is 74.5 cm³/mol. The van der Waals surface area contributed by atoms with Crippen molar-refractivity contribution in [2.24, 2.45) is 0 Å². The van der Waals surface area contributed by atoms with Crippen molar-refractivity contribution < 1.29 is 9.53 Å². The zero-order valence-electron chi connectivity index (χ0n) is 8.61. The van der Waals surface area contributed by atoms with Gasteiger partial charge in [-0.2, -0.15) is 0 Å². The summed E-state index contributed by atoms with van der Waals surface area (Å²) in [5.74, 6) is -0.327. The second-order valence-corrected chi connectivity index (χ2v) is 21.1. The third-order valence-corrected chi connectivity index (χ3v) is 6.85. The molecule has 0 saturated carbocycles. The van der Waals surface area contributed by atoms with E-state index in [1.807, 2.05) is 6.07 Å². The second kappa shape index (κ2) is 7.28. The van der Waals surface area contributed by atoms with Gasteiger partial charge in [-0.3, -0.25) is 0 Å². The van der Waals surface area contributed by atoms with Gasteiger partial charge in [-0.25, -0.2) is 0 Å². The summed E-state index contributed by atoms with van der Waals surface area (Å²) in [5.41, 5.74) is 0.458. The average molecular weight is 432 g/mol. The van der Waals surface area contributed by atoms with Crippen LogP contribution in [-0.4, -0.2) is 32.8 Å². The van der Waals surface area contributed by atoms with Gasteiger partial charge >= 0.3 is 121 Å². The van der Waals surface area contributed by atoms with Crippen LogP contribution >= 0.6 is 38.5 Å². The SMILES string of the molecule is O=C(OC(CCl)C[Te](Cl)(Cl)Cl)c1ccccc1. The second-order valence-electron chi connectivity index (χ2n) is 3.22. The summed E-state index contributed by atoms with van der Waals surface area (Å²) in [6.45, 7) is 0. The van der Waals surface area contributed by atoms with Crippen molar-refractivity contribution in [3.63, 3.8) is 0 Å². The quantitative estimate of drug-likeness (QED) is 0.399. The number of halogens is 4. The van der Waals surface area contributed by atoms with Crippen LogP contribution < -0.4 is 0 Å². The summed E-state index contributed by atoms with van der Waals surface area (Å²) >= 11 is 2.33. The summed E-state index contributed by atoms with van der Waals surface area (Å²) in [7, 11) is 17.4. The molecule has 0 fully saturated rings. The minimum absolute atomic E-state index is 0.123. The molecule has 1 atom stereocenters. The molecule has 0 saturated heterocycles. The van der Waals surface area contributed by atoms with E-state index in [1.165, 1.54) is 0 Å². The summed E-state index contributed by atoms with van der Waals surface area (Å²) in [4.78, 5) is 11.7. The third kappa shape index (κ3) is 6.38. The third-order valence-electron chi connectivity index (χ3n) is 1.83. The van der Waals surface area contributed by atoms with Crippen molar-refractivity contribution in [2.75, 3.05) is 5.88 Å². The van der Waals surface area contributed by atoms with Gasteiger partial charge in [-0.05, 0) is 0 Å². The number of ether oxygens (including phenoxy) is 1. The van der Waals surface area contributed by atoms with Gasteiger partial charge in [0.1, 0.15) is 0 Å². The Morgan fingerprint density at radius 2 is 1.82 bits per heavy atom. The van der Waals surface area contributed by atoms with E-state index in [0.29, 0.717) is 5.56 Å². The Morgan fingerprint density at radius 1 is 1.24 bits per heavy atom. The minimum atomic E-state index is -3.36. The molecule has 0 aliphatic carbocycles. The van der Waals surface area contributed by atoms with Gasteiger partial charge in [0.25, 0.3) is 0 Å². The molecule has 7 heteroatoms. The summed E-state index contributed by atoms with van der Waals surface area (Å²) in [6, 6.07) is 8.63. The molecule has 0 spiro atoms. The van der Waals surface area contributed by atoms with E-state index in [1.54, 1.807) is 24.3 Å². The molecular formula is C10H10Cl4O2Te. The zero-order chi connectivity index (χ0) is 12.9. The molecule has 2 nitrogen and oxygen atoms in total. The number of rotatable bonds is 5. The van der Waals surface area contributed by atoms with Crippen molar-refractivity contribution in [1.82, 2.24) is 0 Å². The number of esters is 1. The Kier molecular flexibility index (Phi) is 6.72. The molecule has 1 unspecified atom stereocenters. The maximum atomic E-state index is 11.7. The van der Waals surface area contributed by atoms with E-state index in [-0.39, 0.29) is 10.3 Å². The first-order valence-corrected chi connectivity index (χ1v) is 15.7. The topological polar surface area (TPSA) is 26.3 Å². The van der Waals surface area contributed by atoms with Crippen LogP contribution in [-0.2, 0) is 4.74 Å². The molecule has 0 N–H and O–H groups in total. The molecule has 0 radical (unpaired) electrons. The van der Waals surface area contributed by atoms with Gasteiger partial charge < -0.3 is 0 Å². The fraction of sp³-hybridized carbons (Fsp3) is 0.300. The fourth-order valence-corrected chi connectivity index (χ4v) is 6.25. The Balaban J connectivity index is 2.60. The van der Waals surface area contributed by atoms with Crippen LogP contribution in [0.3, 0.4) is 0 Å².